The van der Waals surface area contributed by atoms with Crippen molar-refractivity contribution >= 4 is 17.4 Å². The number of halogens is 1. The summed E-state index contributed by atoms with van der Waals surface area (Å²) in [6.07, 6.45) is 0. The van der Waals surface area contributed by atoms with E-state index in [4.69, 9.17) is 11.6 Å². The second-order valence-corrected chi connectivity index (χ2v) is 5.02. The van der Waals surface area contributed by atoms with Crippen molar-refractivity contribution in [3.8, 4) is 0 Å². The minimum Gasteiger partial charge on any atom is -0.289 e. The number of aryl methyl sites for hydroxylation is 3. The molecular weight excluding hydrogens is 244 g/mol. The minimum atomic E-state index is -0.0215. The number of carbonyl (C=O) groups is 1. The Bertz CT molecular complexity index is 614. The fourth-order valence-electron chi connectivity index (χ4n) is 1.90. The number of carbonyl (C=O) groups excluding carboxylic acids is 1. The van der Waals surface area contributed by atoms with E-state index in [0.29, 0.717) is 16.1 Å². The van der Waals surface area contributed by atoms with Gasteiger partial charge in [-0.2, -0.15) is 0 Å². The molecule has 0 aromatic heterocycles. The van der Waals surface area contributed by atoms with Gasteiger partial charge in [0.05, 0.1) is 5.02 Å². The molecule has 0 bridgehead atoms. The maximum Gasteiger partial charge on any atom is 0.194 e. The van der Waals surface area contributed by atoms with E-state index in [9.17, 15) is 4.79 Å². The first-order chi connectivity index (χ1) is 8.49. The minimum absolute atomic E-state index is 0.0215. The summed E-state index contributed by atoms with van der Waals surface area (Å²) in [4.78, 5) is 12.4. The van der Waals surface area contributed by atoms with Crippen LogP contribution in [0.1, 0.15) is 32.6 Å². The van der Waals surface area contributed by atoms with Crippen LogP contribution in [0.4, 0.5) is 0 Å². The maximum atomic E-state index is 12.4. The molecule has 0 spiro atoms. The molecule has 2 heteroatoms. The molecule has 0 amide bonds. The van der Waals surface area contributed by atoms with Gasteiger partial charge in [0.15, 0.2) is 5.78 Å². The van der Waals surface area contributed by atoms with Gasteiger partial charge in [0.1, 0.15) is 0 Å². The van der Waals surface area contributed by atoms with Crippen LogP contribution in [-0.2, 0) is 0 Å². The molecule has 1 nitrogen and oxygen atoms in total. The summed E-state index contributed by atoms with van der Waals surface area (Å²) < 4.78 is 0. The van der Waals surface area contributed by atoms with Crippen LogP contribution >= 0.6 is 11.6 Å². The topological polar surface area (TPSA) is 17.1 Å². The van der Waals surface area contributed by atoms with E-state index in [-0.39, 0.29) is 5.78 Å². The molecule has 0 unspecified atom stereocenters. The highest BCUT2D eigenvalue weighted by molar-refractivity contribution is 6.35. The van der Waals surface area contributed by atoms with Gasteiger partial charge in [-0.15, -0.1) is 0 Å². The Kier molecular flexibility index (Phi) is 3.53. The van der Waals surface area contributed by atoms with Crippen molar-refractivity contribution in [2.75, 3.05) is 0 Å². The molecule has 0 aliphatic carbocycles. The molecular formula is C16H15ClO. The Labute approximate surface area is 112 Å². The highest BCUT2D eigenvalue weighted by Crippen LogP contribution is 2.23. The highest BCUT2D eigenvalue weighted by Gasteiger charge is 2.14. The van der Waals surface area contributed by atoms with Crippen molar-refractivity contribution in [2.24, 2.45) is 0 Å². The number of ketones is 1. The van der Waals surface area contributed by atoms with Crippen LogP contribution in [-0.4, -0.2) is 5.78 Å². The lowest BCUT2D eigenvalue weighted by atomic mass is 9.98. The predicted molar refractivity (Wildman–Crippen MR) is 75.5 cm³/mol. The third-order valence-corrected chi connectivity index (χ3v) is 3.42. The quantitative estimate of drug-likeness (QED) is 0.725. The van der Waals surface area contributed by atoms with Gasteiger partial charge in [-0.3, -0.25) is 4.79 Å². The summed E-state index contributed by atoms with van der Waals surface area (Å²) in [5, 5.41) is 0.518. The van der Waals surface area contributed by atoms with Gasteiger partial charge in [0, 0.05) is 11.1 Å². The van der Waals surface area contributed by atoms with Crippen LogP contribution < -0.4 is 0 Å². The molecule has 0 aliphatic heterocycles. The molecule has 0 saturated carbocycles. The first kappa shape index (κ1) is 12.8. The van der Waals surface area contributed by atoms with Gasteiger partial charge in [-0.1, -0.05) is 35.4 Å². The average molecular weight is 259 g/mol. The van der Waals surface area contributed by atoms with E-state index >= 15 is 0 Å². The van der Waals surface area contributed by atoms with Crippen molar-refractivity contribution in [3.05, 3.63) is 69.2 Å². The summed E-state index contributed by atoms with van der Waals surface area (Å²) in [7, 11) is 0. The molecule has 2 aromatic carbocycles. The second kappa shape index (κ2) is 4.95. The van der Waals surface area contributed by atoms with Crippen molar-refractivity contribution in [1.29, 1.82) is 0 Å². The molecule has 0 heterocycles. The van der Waals surface area contributed by atoms with E-state index in [1.165, 1.54) is 0 Å². The van der Waals surface area contributed by atoms with Crippen LogP contribution in [0.3, 0.4) is 0 Å². The molecule has 18 heavy (non-hydrogen) atoms. The number of hydrogen-bond donors (Lipinski definition) is 0. The van der Waals surface area contributed by atoms with Crippen LogP contribution in [0.2, 0.25) is 5.02 Å². The smallest absolute Gasteiger partial charge is 0.194 e. The number of benzene rings is 2. The van der Waals surface area contributed by atoms with Gasteiger partial charge >= 0.3 is 0 Å². The number of hydrogen-bond acceptors (Lipinski definition) is 1. The van der Waals surface area contributed by atoms with E-state index < -0.39 is 0 Å². The fourth-order valence-corrected chi connectivity index (χ4v) is 2.20. The van der Waals surface area contributed by atoms with Gasteiger partial charge < -0.3 is 0 Å². The van der Waals surface area contributed by atoms with E-state index in [2.05, 4.69) is 0 Å². The van der Waals surface area contributed by atoms with Gasteiger partial charge in [-0.05, 0) is 50.1 Å². The second-order valence-electron chi connectivity index (χ2n) is 4.61. The van der Waals surface area contributed by atoms with E-state index in [1.807, 2.05) is 57.2 Å². The molecule has 0 fully saturated rings. The van der Waals surface area contributed by atoms with Crippen LogP contribution in [0.15, 0.2) is 36.4 Å². The molecule has 2 aromatic rings. The highest BCUT2D eigenvalue weighted by atomic mass is 35.5. The Hall–Kier alpha value is -1.60. The molecule has 2 rings (SSSR count). The SMILES string of the molecule is Cc1cccc(C(=O)c2cc(C)c(C)cc2Cl)c1. The Morgan fingerprint density at radius 3 is 2.33 bits per heavy atom. The standard InChI is InChI=1S/C16H15ClO/c1-10-5-4-6-13(7-10)16(18)14-8-11(2)12(3)9-15(14)17/h4-9H,1-3H3. The molecule has 0 saturated heterocycles. The summed E-state index contributed by atoms with van der Waals surface area (Å²) in [6.45, 7) is 5.94. The molecule has 92 valence electrons. The van der Waals surface area contributed by atoms with Gasteiger partial charge in [0.2, 0.25) is 0 Å². The monoisotopic (exact) mass is 258 g/mol. The largest absolute Gasteiger partial charge is 0.289 e. The average Bonchev–Trinajstić information content (AvgIpc) is 2.33. The van der Waals surface area contributed by atoms with Crippen molar-refractivity contribution in [3.63, 3.8) is 0 Å². The summed E-state index contributed by atoms with van der Waals surface area (Å²) >= 11 is 6.17. The first-order valence-corrected chi connectivity index (χ1v) is 6.25. The summed E-state index contributed by atoms with van der Waals surface area (Å²) in [5.74, 6) is -0.0215. The lowest BCUT2D eigenvalue weighted by molar-refractivity contribution is 0.103. The lowest BCUT2D eigenvalue weighted by Crippen LogP contribution is -2.03. The van der Waals surface area contributed by atoms with Crippen molar-refractivity contribution in [1.82, 2.24) is 0 Å². The normalized spacial score (nSPS) is 10.4. The lowest BCUT2D eigenvalue weighted by Gasteiger charge is -2.08. The first-order valence-electron chi connectivity index (χ1n) is 5.87. The molecule has 0 radical (unpaired) electrons. The molecule has 0 aliphatic rings. The zero-order chi connectivity index (χ0) is 13.3. The Morgan fingerprint density at radius 2 is 1.67 bits per heavy atom. The molecule has 0 atom stereocenters. The zero-order valence-electron chi connectivity index (χ0n) is 10.8. The van der Waals surface area contributed by atoms with Gasteiger partial charge in [-0.25, -0.2) is 0 Å². The Morgan fingerprint density at radius 1 is 1.00 bits per heavy atom. The summed E-state index contributed by atoms with van der Waals surface area (Å²) in [5.41, 5.74) is 4.50. The van der Waals surface area contributed by atoms with Crippen LogP contribution in [0.5, 0.6) is 0 Å². The Balaban J connectivity index is 2.49. The fraction of sp³-hybridized carbons (Fsp3) is 0.188. The predicted octanol–water partition coefficient (Wildman–Crippen LogP) is 4.50. The third kappa shape index (κ3) is 2.46. The van der Waals surface area contributed by atoms with Gasteiger partial charge in [0.25, 0.3) is 0 Å². The van der Waals surface area contributed by atoms with Crippen molar-refractivity contribution < 1.29 is 4.79 Å². The van der Waals surface area contributed by atoms with Crippen molar-refractivity contribution in [2.45, 2.75) is 20.8 Å². The number of rotatable bonds is 2. The third-order valence-electron chi connectivity index (χ3n) is 3.11. The summed E-state index contributed by atoms with van der Waals surface area (Å²) in [6, 6.07) is 11.3. The van der Waals surface area contributed by atoms with E-state index in [0.717, 1.165) is 16.7 Å². The van der Waals surface area contributed by atoms with Crippen LogP contribution in [0, 0.1) is 20.8 Å². The maximum absolute atomic E-state index is 12.4. The zero-order valence-corrected chi connectivity index (χ0v) is 11.5. The van der Waals surface area contributed by atoms with Crippen LogP contribution in [0.25, 0.3) is 0 Å². The molecule has 0 N–H and O–H groups in total. The van der Waals surface area contributed by atoms with E-state index in [1.54, 1.807) is 0 Å².